The zero-order chi connectivity index (χ0) is 12.7. The van der Waals surface area contributed by atoms with Crippen molar-refractivity contribution in [3.8, 4) is 0 Å². The van der Waals surface area contributed by atoms with Gasteiger partial charge in [0, 0.05) is 22.8 Å². The monoisotopic (exact) mass is 259 g/mol. The highest BCUT2D eigenvalue weighted by atomic mass is 35.5. The summed E-state index contributed by atoms with van der Waals surface area (Å²) < 4.78 is 2.22. The summed E-state index contributed by atoms with van der Waals surface area (Å²) in [6.07, 6.45) is 0. The molecule has 0 atom stereocenters. The summed E-state index contributed by atoms with van der Waals surface area (Å²) in [6.45, 7) is 3.01. The minimum absolute atomic E-state index is 0.0152. The van der Waals surface area contributed by atoms with Crippen molar-refractivity contribution in [2.45, 2.75) is 20.1 Å². The van der Waals surface area contributed by atoms with E-state index < -0.39 is 0 Å². The van der Waals surface area contributed by atoms with Crippen molar-refractivity contribution in [2.24, 2.45) is 0 Å². The Morgan fingerprint density at radius 1 is 1.17 bits per heavy atom. The molecule has 3 aromatic rings. The molecule has 0 unspecified atom stereocenters. The second kappa shape index (κ2) is 4.30. The van der Waals surface area contributed by atoms with E-state index in [1.807, 2.05) is 24.3 Å². The van der Waals surface area contributed by atoms with Crippen molar-refractivity contribution in [3.05, 3.63) is 47.0 Å². The van der Waals surface area contributed by atoms with Crippen LogP contribution in [0, 0.1) is 0 Å². The van der Waals surface area contributed by atoms with Crippen molar-refractivity contribution < 1.29 is 5.11 Å². The van der Waals surface area contributed by atoms with Crippen LogP contribution in [0.4, 0.5) is 0 Å². The van der Waals surface area contributed by atoms with E-state index in [1.54, 1.807) is 0 Å². The zero-order valence-electron chi connectivity index (χ0n) is 10.2. The van der Waals surface area contributed by atoms with Gasteiger partial charge in [-0.15, -0.1) is 0 Å². The molecule has 0 saturated heterocycles. The molecule has 0 fully saturated rings. The molecule has 18 heavy (non-hydrogen) atoms. The van der Waals surface area contributed by atoms with Gasteiger partial charge in [-0.1, -0.05) is 29.8 Å². The molecule has 0 saturated carbocycles. The Hall–Kier alpha value is -1.51. The first kappa shape index (κ1) is 11.6. The van der Waals surface area contributed by atoms with Crippen LogP contribution >= 0.6 is 11.6 Å². The molecule has 2 nitrogen and oxygen atoms in total. The maximum Gasteiger partial charge on any atom is 0.0682 e. The van der Waals surface area contributed by atoms with Crippen LogP contribution in [0.25, 0.3) is 21.8 Å². The Morgan fingerprint density at radius 3 is 2.67 bits per heavy atom. The van der Waals surface area contributed by atoms with Crippen molar-refractivity contribution in [3.63, 3.8) is 0 Å². The smallest absolute Gasteiger partial charge is 0.0682 e. The van der Waals surface area contributed by atoms with Crippen LogP contribution < -0.4 is 0 Å². The fourth-order valence-corrected chi connectivity index (χ4v) is 2.96. The van der Waals surface area contributed by atoms with Gasteiger partial charge < -0.3 is 9.67 Å². The highest BCUT2D eigenvalue weighted by molar-refractivity contribution is 6.36. The highest BCUT2D eigenvalue weighted by Crippen LogP contribution is 2.34. The molecule has 0 aliphatic heterocycles. The summed E-state index contributed by atoms with van der Waals surface area (Å²) >= 11 is 6.36. The minimum Gasteiger partial charge on any atom is -0.392 e. The number of aliphatic hydroxyl groups is 1. The third-order valence-corrected chi connectivity index (χ3v) is 3.67. The molecule has 3 heteroatoms. The molecule has 0 aliphatic rings. The van der Waals surface area contributed by atoms with Crippen LogP contribution in [0.15, 0.2) is 36.4 Å². The quantitative estimate of drug-likeness (QED) is 0.740. The van der Waals surface area contributed by atoms with E-state index in [9.17, 15) is 5.11 Å². The van der Waals surface area contributed by atoms with Gasteiger partial charge in [0.05, 0.1) is 17.1 Å². The number of aliphatic hydroxyl groups excluding tert-OH is 1. The summed E-state index contributed by atoms with van der Waals surface area (Å²) in [4.78, 5) is 0. The summed E-state index contributed by atoms with van der Waals surface area (Å²) in [5.74, 6) is 0. The van der Waals surface area contributed by atoms with Crippen molar-refractivity contribution >= 4 is 33.4 Å². The summed E-state index contributed by atoms with van der Waals surface area (Å²) in [7, 11) is 0. The van der Waals surface area contributed by atoms with Gasteiger partial charge in [0.2, 0.25) is 0 Å². The summed E-state index contributed by atoms with van der Waals surface area (Å²) in [6, 6.07) is 12.1. The van der Waals surface area contributed by atoms with Gasteiger partial charge in [0.1, 0.15) is 0 Å². The molecule has 1 heterocycles. The van der Waals surface area contributed by atoms with Crippen LogP contribution in [-0.2, 0) is 13.2 Å². The van der Waals surface area contributed by atoms with Gasteiger partial charge in [0.15, 0.2) is 0 Å². The van der Waals surface area contributed by atoms with Crippen molar-refractivity contribution in [2.75, 3.05) is 0 Å². The lowest BCUT2D eigenvalue weighted by atomic mass is 10.1. The fourth-order valence-electron chi connectivity index (χ4n) is 2.61. The van der Waals surface area contributed by atoms with E-state index in [0.29, 0.717) is 5.02 Å². The molecule has 0 aliphatic carbocycles. The van der Waals surface area contributed by atoms with E-state index >= 15 is 0 Å². The third-order valence-electron chi connectivity index (χ3n) is 3.38. The van der Waals surface area contributed by atoms with Gasteiger partial charge in [-0.2, -0.15) is 0 Å². The molecule has 1 aromatic heterocycles. The number of nitrogens with zero attached hydrogens (tertiary/aromatic N) is 1. The van der Waals surface area contributed by atoms with Crippen LogP contribution in [0.1, 0.15) is 12.5 Å². The average Bonchev–Trinajstić information content (AvgIpc) is 2.73. The molecule has 0 radical (unpaired) electrons. The predicted molar refractivity (Wildman–Crippen MR) is 76.1 cm³/mol. The minimum atomic E-state index is 0.0152. The lowest BCUT2D eigenvalue weighted by Gasteiger charge is -2.05. The number of fused-ring (bicyclic) bond motifs is 3. The van der Waals surface area contributed by atoms with E-state index in [4.69, 9.17) is 11.6 Å². The van der Waals surface area contributed by atoms with Crippen molar-refractivity contribution in [1.29, 1.82) is 0 Å². The van der Waals surface area contributed by atoms with Gasteiger partial charge in [-0.05, 0) is 30.7 Å². The molecule has 1 N–H and O–H groups in total. The van der Waals surface area contributed by atoms with Gasteiger partial charge in [0.25, 0.3) is 0 Å². The van der Waals surface area contributed by atoms with E-state index in [-0.39, 0.29) is 6.61 Å². The predicted octanol–water partition coefficient (Wildman–Crippen LogP) is 3.96. The molecular formula is C15H14ClNO. The Morgan fingerprint density at radius 2 is 1.94 bits per heavy atom. The third kappa shape index (κ3) is 1.53. The number of aromatic nitrogens is 1. The number of benzene rings is 2. The molecule has 92 valence electrons. The SMILES string of the molecule is CCn1c2ccccc2c2cc(CO)cc(Cl)c21. The topological polar surface area (TPSA) is 25.2 Å². The normalized spacial score (nSPS) is 11.5. The molecular weight excluding hydrogens is 246 g/mol. The van der Waals surface area contributed by atoms with Gasteiger partial charge in [-0.3, -0.25) is 0 Å². The maximum absolute atomic E-state index is 9.29. The fraction of sp³-hybridized carbons (Fsp3) is 0.200. The van der Waals surface area contributed by atoms with Crippen LogP contribution in [0.2, 0.25) is 5.02 Å². The largest absolute Gasteiger partial charge is 0.392 e. The molecule has 0 bridgehead atoms. The zero-order valence-corrected chi connectivity index (χ0v) is 10.9. The first-order chi connectivity index (χ1) is 8.76. The number of halogens is 1. The molecule has 2 aromatic carbocycles. The first-order valence-corrected chi connectivity index (χ1v) is 6.44. The lowest BCUT2D eigenvalue weighted by Crippen LogP contribution is -1.94. The lowest BCUT2D eigenvalue weighted by molar-refractivity contribution is 0.282. The summed E-state index contributed by atoms with van der Waals surface area (Å²) in [5.41, 5.74) is 3.09. The number of aryl methyl sites for hydroxylation is 1. The Labute approximate surface area is 110 Å². The number of hydrogen-bond donors (Lipinski definition) is 1. The molecule has 0 amide bonds. The number of para-hydroxylation sites is 1. The average molecular weight is 260 g/mol. The van der Waals surface area contributed by atoms with Crippen LogP contribution in [0.3, 0.4) is 0 Å². The Bertz CT molecular complexity index is 730. The van der Waals surface area contributed by atoms with Gasteiger partial charge >= 0.3 is 0 Å². The number of hydrogen-bond acceptors (Lipinski definition) is 1. The summed E-state index contributed by atoms with van der Waals surface area (Å²) in [5, 5.41) is 12.3. The Kier molecular flexibility index (Phi) is 2.77. The van der Waals surface area contributed by atoms with Gasteiger partial charge in [-0.25, -0.2) is 0 Å². The van der Waals surface area contributed by atoms with Crippen LogP contribution in [0.5, 0.6) is 0 Å². The van der Waals surface area contributed by atoms with E-state index in [2.05, 4.69) is 23.6 Å². The van der Waals surface area contributed by atoms with E-state index in [0.717, 1.165) is 23.0 Å². The van der Waals surface area contributed by atoms with E-state index in [1.165, 1.54) is 10.9 Å². The second-order valence-corrected chi connectivity index (χ2v) is 4.80. The first-order valence-electron chi connectivity index (χ1n) is 6.06. The molecule has 3 rings (SSSR count). The molecule has 0 spiro atoms. The van der Waals surface area contributed by atoms with Crippen LogP contribution in [-0.4, -0.2) is 9.67 Å². The Balaban J connectivity index is 2.55. The maximum atomic E-state index is 9.29. The standard InChI is InChI=1S/C15H14ClNO/c1-2-17-14-6-4-3-5-11(14)12-7-10(9-18)8-13(16)15(12)17/h3-8,18H,2,9H2,1H3. The second-order valence-electron chi connectivity index (χ2n) is 4.39. The van der Waals surface area contributed by atoms with Crippen molar-refractivity contribution in [1.82, 2.24) is 4.57 Å². The highest BCUT2D eigenvalue weighted by Gasteiger charge is 2.12. The number of rotatable bonds is 2.